The first kappa shape index (κ1) is 14.0. The molecule has 1 amide bonds. The number of ether oxygens (including phenoxy) is 1. The molecule has 1 N–H and O–H groups in total. The van der Waals surface area contributed by atoms with E-state index in [0.717, 1.165) is 13.1 Å². The lowest BCUT2D eigenvalue weighted by Crippen LogP contribution is -2.47. The number of halogens is 1. The van der Waals surface area contributed by atoms with E-state index in [4.69, 9.17) is 4.74 Å². The minimum absolute atomic E-state index is 0.120. The van der Waals surface area contributed by atoms with Gasteiger partial charge in [0.2, 0.25) is 5.91 Å². The molecular formula is C14H19FN2O2. The van der Waals surface area contributed by atoms with E-state index in [1.165, 1.54) is 6.07 Å². The number of amides is 1. The molecule has 2 rings (SSSR count). The molecule has 0 saturated carbocycles. The van der Waals surface area contributed by atoms with Gasteiger partial charge in [0, 0.05) is 18.8 Å². The summed E-state index contributed by atoms with van der Waals surface area (Å²) in [4.78, 5) is 14.2. The van der Waals surface area contributed by atoms with Crippen molar-refractivity contribution in [2.45, 2.75) is 19.9 Å². The summed E-state index contributed by atoms with van der Waals surface area (Å²) in [5, 5.41) is 2.75. The molecule has 0 aliphatic carbocycles. The zero-order valence-corrected chi connectivity index (χ0v) is 11.3. The molecular weight excluding hydrogens is 247 g/mol. The minimum atomic E-state index is -0.308. The van der Waals surface area contributed by atoms with E-state index >= 15 is 0 Å². The molecule has 1 atom stereocenters. The number of carbonyl (C=O) groups excluding carboxylic acids is 1. The molecule has 1 unspecified atom stereocenters. The monoisotopic (exact) mass is 266 g/mol. The number of nitrogens with one attached hydrogen (secondary N) is 1. The van der Waals surface area contributed by atoms with Crippen LogP contribution < -0.4 is 5.32 Å². The minimum Gasteiger partial charge on any atom is -0.379 e. The van der Waals surface area contributed by atoms with Crippen LogP contribution in [-0.4, -0.2) is 43.2 Å². The molecule has 4 nitrogen and oxygen atoms in total. The first-order valence-corrected chi connectivity index (χ1v) is 6.47. The van der Waals surface area contributed by atoms with Gasteiger partial charge < -0.3 is 10.1 Å². The third-order valence-corrected chi connectivity index (χ3v) is 3.41. The summed E-state index contributed by atoms with van der Waals surface area (Å²) in [5.74, 6) is -0.429. The zero-order chi connectivity index (χ0) is 13.8. The van der Waals surface area contributed by atoms with Crippen molar-refractivity contribution in [1.29, 1.82) is 0 Å². The Balaban J connectivity index is 1.97. The van der Waals surface area contributed by atoms with Crippen molar-refractivity contribution >= 4 is 11.6 Å². The Morgan fingerprint density at radius 2 is 2.11 bits per heavy atom. The maximum Gasteiger partial charge on any atom is 0.241 e. The van der Waals surface area contributed by atoms with Crippen LogP contribution in [0.5, 0.6) is 0 Å². The van der Waals surface area contributed by atoms with E-state index in [9.17, 15) is 9.18 Å². The largest absolute Gasteiger partial charge is 0.379 e. The van der Waals surface area contributed by atoms with Gasteiger partial charge in [0.15, 0.2) is 0 Å². The highest BCUT2D eigenvalue weighted by Gasteiger charge is 2.23. The molecule has 1 aromatic rings. The summed E-state index contributed by atoms with van der Waals surface area (Å²) in [6, 6.07) is 4.47. The second-order valence-corrected chi connectivity index (χ2v) is 4.78. The van der Waals surface area contributed by atoms with E-state index in [2.05, 4.69) is 10.2 Å². The Kier molecular flexibility index (Phi) is 4.50. The van der Waals surface area contributed by atoms with Crippen molar-refractivity contribution in [3.05, 3.63) is 29.6 Å². The van der Waals surface area contributed by atoms with Crippen LogP contribution in [-0.2, 0) is 9.53 Å². The van der Waals surface area contributed by atoms with E-state index in [0.29, 0.717) is 24.5 Å². The second kappa shape index (κ2) is 6.12. The standard InChI is InChI=1S/C14H19FN2O2/c1-10-3-4-12(9-13(10)15)16-14(18)11(2)17-5-7-19-8-6-17/h3-4,9,11H,5-8H2,1-2H3,(H,16,18). The summed E-state index contributed by atoms with van der Waals surface area (Å²) < 4.78 is 18.7. The lowest BCUT2D eigenvalue weighted by molar-refractivity contribution is -0.122. The van der Waals surface area contributed by atoms with Crippen molar-refractivity contribution in [2.75, 3.05) is 31.6 Å². The molecule has 5 heteroatoms. The summed E-state index contributed by atoms with van der Waals surface area (Å²) in [6.07, 6.45) is 0. The Hall–Kier alpha value is -1.46. The Bertz CT molecular complexity index is 459. The fourth-order valence-electron chi connectivity index (χ4n) is 2.05. The van der Waals surface area contributed by atoms with Crippen molar-refractivity contribution in [3.63, 3.8) is 0 Å². The predicted molar refractivity (Wildman–Crippen MR) is 71.6 cm³/mol. The average Bonchev–Trinajstić information content (AvgIpc) is 2.43. The maximum atomic E-state index is 13.4. The highest BCUT2D eigenvalue weighted by molar-refractivity contribution is 5.94. The van der Waals surface area contributed by atoms with Gasteiger partial charge in [-0.15, -0.1) is 0 Å². The molecule has 1 heterocycles. The Morgan fingerprint density at radius 3 is 2.74 bits per heavy atom. The summed E-state index contributed by atoms with van der Waals surface area (Å²) in [6.45, 7) is 6.34. The van der Waals surface area contributed by atoms with Crippen LogP contribution in [0, 0.1) is 12.7 Å². The van der Waals surface area contributed by atoms with Crippen LogP contribution in [0.15, 0.2) is 18.2 Å². The van der Waals surface area contributed by atoms with E-state index in [1.807, 2.05) is 6.92 Å². The number of anilines is 1. The third-order valence-electron chi connectivity index (χ3n) is 3.41. The molecule has 1 fully saturated rings. The molecule has 19 heavy (non-hydrogen) atoms. The first-order chi connectivity index (χ1) is 9.08. The van der Waals surface area contributed by atoms with E-state index in [-0.39, 0.29) is 17.8 Å². The molecule has 1 saturated heterocycles. The molecule has 1 aliphatic rings. The average molecular weight is 266 g/mol. The van der Waals surface area contributed by atoms with Gasteiger partial charge in [-0.05, 0) is 31.5 Å². The molecule has 1 aromatic carbocycles. The number of hydrogen-bond acceptors (Lipinski definition) is 3. The molecule has 0 bridgehead atoms. The van der Waals surface area contributed by atoms with Crippen LogP contribution in [0.25, 0.3) is 0 Å². The highest BCUT2D eigenvalue weighted by Crippen LogP contribution is 2.14. The quantitative estimate of drug-likeness (QED) is 0.907. The van der Waals surface area contributed by atoms with Crippen LogP contribution in [0.1, 0.15) is 12.5 Å². The van der Waals surface area contributed by atoms with Gasteiger partial charge in [0.25, 0.3) is 0 Å². The number of benzene rings is 1. The molecule has 0 spiro atoms. The van der Waals surface area contributed by atoms with Crippen molar-refractivity contribution in [2.24, 2.45) is 0 Å². The van der Waals surface area contributed by atoms with Crippen LogP contribution in [0.4, 0.5) is 10.1 Å². The molecule has 104 valence electrons. The second-order valence-electron chi connectivity index (χ2n) is 4.78. The lowest BCUT2D eigenvalue weighted by atomic mass is 10.2. The molecule has 1 aliphatic heterocycles. The van der Waals surface area contributed by atoms with Crippen LogP contribution in [0.3, 0.4) is 0 Å². The molecule has 0 radical (unpaired) electrons. The topological polar surface area (TPSA) is 41.6 Å². The van der Waals surface area contributed by atoms with Crippen LogP contribution in [0.2, 0.25) is 0 Å². The SMILES string of the molecule is Cc1ccc(NC(=O)C(C)N2CCOCC2)cc1F. The number of aryl methyl sites for hydroxylation is 1. The van der Waals surface area contributed by atoms with E-state index < -0.39 is 0 Å². The Labute approximate surface area is 112 Å². The van der Waals surface area contributed by atoms with Gasteiger partial charge in [-0.25, -0.2) is 4.39 Å². The van der Waals surface area contributed by atoms with Crippen molar-refractivity contribution in [3.8, 4) is 0 Å². The lowest BCUT2D eigenvalue weighted by Gasteiger charge is -2.31. The van der Waals surface area contributed by atoms with Gasteiger partial charge in [-0.1, -0.05) is 6.07 Å². The zero-order valence-electron chi connectivity index (χ0n) is 11.3. The first-order valence-electron chi connectivity index (χ1n) is 6.47. The van der Waals surface area contributed by atoms with Gasteiger partial charge in [0.05, 0.1) is 19.3 Å². The third kappa shape index (κ3) is 3.52. The number of carbonyl (C=O) groups is 1. The maximum absolute atomic E-state index is 13.4. The highest BCUT2D eigenvalue weighted by atomic mass is 19.1. The normalized spacial score (nSPS) is 18.1. The van der Waals surface area contributed by atoms with Crippen LogP contribution >= 0.6 is 0 Å². The van der Waals surface area contributed by atoms with E-state index in [1.54, 1.807) is 19.1 Å². The summed E-state index contributed by atoms with van der Waals surface area (Å²) >= 11 is 0. The van der Waals surface area contributed by atoms with Gasteiger partial charge in [-0.2, -0.15) is 0 Å². The smallest absolute Gasteiger partial charge is 0.241 e. The summed E-state index contributed by atoms with van der Waals surface area (Å²) in [5.41, 5.74) is 1.06. The Morgan fingerprint density at radius 1 is 1.42 bits per heavy atom. The van der Waals surface area contributed by atoms with Crippen molar-refractivity contribution < 1.29 is 13.9 Å². The fraction of sp³-hybridized carbons (Fsp3) is 0.500. The number of nitrogens with zero attached hydrogens (tertiary/aromatic N) is 1. The number of hydrogen-bond donors (Lipinski definition) is 1. The van der Waals surface area contributed by atoms with Gasteiger partial charge >= 0.3 is 0 Å². The number of rotatable bonds is 3. The predicted octanol–water partition coefficient (Wildman–Crippen LogP) is 1.79. The van der Waals surface area contributed by atoms with Gasteiger partial charge in [-0.3, -0.25) is 9.69 Å². The molecule has 0 aromatic heterocycles. The summed E-state index contributed by atoms with van der Waals surface area (Å²) in [7, 11) is 0. The van der Waals surface area contributed by atoms with Crippen molar-refractivity contribution in [1.82, 2.24) is 4.90 Å². The fourth-order valence-corrected chi connectivity index (χ4v) is 2.05. The van der Waals surface area contributed by atoms with Gasteiger partial charge in [0.1, 0.15) is 5.82 Å². The number of morpholine rings is 1.